The molecule has 0 saturated heterocycles. The van der Waals surface area contributed by atoms with Crippen molar-refractivity contribution in [3.63, 3.8) is 0 Å². The summed E-state index contributed by atoms with van der Waals surface area (Å²) in [5.41, 5.74) is 1.96. The fourth-order valence-electron chi connectivity index (χ4n) is 1.65. The number of benzene rings is 1. The van der Waals surface area contributed by atoms with Gasteiger partial charge in [0.2, 0.25) is 0 Å². The molecule has 1 unspecified atom stereocenters. The molecule has 2 nitrogen and oxygen atoms in total. The maximum absolute atomic E-state index is 13.0. The minimum absolute atomic E-state index is 0.0370. The van der Waals surface area contributed by atoms with Crippen LogP contribution in [0.4, 0.5) is 4.39 Å². The summed E-state index contributed by atoms with van der Waals surface area (Å²) in [6, 6.07) is 6.37. The summed E-state index contributed by atoms with van der Waals surface area (Å²) in [6.07, 6.45) is 0. The Morgan fingerprint density at radius 3 is 2.88 bits per heavy atom. The first-order valence-corrected chi connectivity index (χ1v) is 6.33. The van der Waals surface area contributed by atoms with Crippen molar-refractivity contribution in [2.45, 2.75) is 19.5 Å². The average molecular weight is 251 g/mol. The number of halogens is 1. The monoisotopic (exact) mass is 251 g/mol. The van der Waals surface area contributed by atoms with E-state index in [9.17, 15) is 9.50 Å². The van der Waals surface area contributed by atoms with Gasteiger partial charge < -0.3 is 10.4 Å². The number of hydrogen-bond acceptors (Lipinski definition) is 3. The molecule has 0 bridgehead atoms. The molecule has 2 N–H and O–H groups in total. The lowest BCUT2D eigenvalue weighted by molar-refractivity contribution is 0.466. The van der Waals surface area contributed by atoms with Crippen molar-refractivity contribution >= 4 is 11.3 Å². The maximum atomic E-state index is 13.0. The minimum atomic E-state index is -0.412. The van der Waals surface area contributed by atoms with Crippen LogP contribution >= 0.6 is 11.3 Å². The Hall–Kier alpha value is -1.39. The van der Waals surface area contributed by atoms with Crippen LogP contribution in [0.5, 0.6) is 5.75 Å². The second-order valence-electron chi connectivity index (χ2n) is 3.98. The van der Waals surface area contributed by atoms with Crippen molar-refractivity contribution in [2.24, 2.45) is 0 Å². The van der Waals surface area contributed by atoms with Crippen LogP contribution in [-0.4, -0.2) is 5.11 Å². The van der Waals surface area contributed by atoms with Crippen LogP contribution in [0.1, 0.15) is 24.1 Å². The highest BCUT2D eigenvalue weighted by molar-refractivity contribution is 7.07. The van der Waals surface area contributed by atoms with Crippen molar-refractivity contribution in [1.29, 1.82) is 0 Å². The molecule has 0 aliphatic heterocycles. The molecule has 0 saturated carbocycles. The van der Waals surface area contributed by atoms with Crippen LogP contribution in [0.15, 0.2) is 35.0 Å². The number of thiophene rings is 1. The van der Waals surface area contributed by atoms with E-state index >= 15 is 0 Å². The largest absolute Gasteiger partial charge is 0.508 e. The lowest BCUT2D eigenvalue weighted by Gasteiger charge is -2.12. The van der Waals surface area contributed by atoms with Gasteiger partial charge >= 0.3 is 0 Å². The molecule has 4 heteroatoms. The van der Waals surface area contributed by atoms with Gasteiger partial charge in [0.15, 0.2) is 0 Å². The highest BCUT2D eigenvalue weighted by Gasteiger charge is 2.06. The molecule has 0 spiro atoms. The van der Waals surface area contributed by atoms with E-state index < -0.39 is 5.82 Å². The van der Waals surface area contributed by atoms with E-state index in [1.165, 1.54) is 11.6 Å². The first-order valence-electron chi connectivity index (χ1n) is 5.39. The number of rotatable bonds is 4. The second-order valence-corrected chi connectivity index (χ2v) is 4.76. The third-order valence-electron chi connectivity index (χ3n) is 2.60. The first-order chi connectivity index (χ1) is 8.15. The number of hydrogen-bond donors (Lipinski definition) is 2. The Morgan fingerprint density at radius 1 is 1.41 bits per heavy atom. The summed E-state index contributed by atoms with van der Waals surface area (Å²) in [4.78, 5) is 0. The lowest BCUT2D eigenvalue weighted by Crippen LogP contribution is -2.17. The van der Waals surface area contributed by atoms with Crippen LogP contribution in [0.25, 0.3) is 0 Å². The molecular weight excluding hydrogens is 237 g/mol. The molecule has 1 atom stereocenters. The quantitative estimate of drug-likeness (QED) is 0.872. The lowest BCUT2D eigenvalue weighted by atomic mass is 10.1. The van der Waals surface area contributed by atoms with Crippen molar-refractivity contribution in [3.05, 3.63) is 52.0 Å². The Morgan fingerprint density at radius 2 is 2.24 bits per heavy atom. The second kappa shape index (κ2) is 5.29. The molecule has 1 aromatic heterocycles. The zero-order valence-electron chi connectivity index (χ0n) is 9.48. The van der Waals surface area contributed by atoms with E-state index in [2.05, 4.69) is 23.7 Å². The number of phenolic OH excluding ortho intramolecular Hbond substituents is 1. The zero-order valence-corrected chi connectivity index (χ0v) is 10.3. The van der Waals surface area contributed by atoms with E-state index in [0.29, 0.717) is 6.54 Å². The molecule has 0 amide bonds. The van der Waals surface area contributed by atoms with Crippen molar-refractivity contribution in [2.75, 3.05) is 0 Å². The highest BCUT2D eigenvalue weighted by atomic mass is 32.1. The fraction of sp³-hybridized carbons (Fsp3) is 0.231. The molecule has 2 rings (SSSR count). The highest BCUT2D eigenvalue weighted by Crippen LogP contribution is 2.18. The molecule has 2 aromatic rings. The normalized spacial score (nSPS) is 12.6. The first kappa shape index (κ1) is 12.1. The van der Waals surface area contributed by atoms with Crippen LogP contribution in [0.2, 0.25) is 0 Å². The van der Waals surface area contributed by atoms with Gasteiger partial charge in [0.05, 0.1) is 0 Å². The third kappa shape index (κ3) is 3.28. The van der Waals surface area contributed by atoms with Gasteiger partial charge in [-0.3, -0.25) is 0 Å². The third-order valence-corrected chi connectivity index (χ3v) is 3.30. The van der Waals surface area contributed by atoms with Gasteiger partial charge in [-0.05, 0) is 47.0 Å². The maximum Gasteiger partial charge on any atom is 0.127 e. The van der Waals surface area contributed by atoms with Gasteiger partial charge in [0.1, 0.15) is 11.6 Å². The Kier molecular flexibility index (Phi) is 3.76. The molecule has 17 heavy (non-hydrogen) atoms. The van der Waals surface area contributed by atoms with E-state index in [4.69, 9.17) is 0 Å². The van der Waals surface area contributed by atoms with E-state index in [1.807, 2.05) is 5.38 Å². The van der Waals surface area contributed by atoms with E-state index in [0.717, 1.165) is 11.6 Å². The molecule has 0 fully saturated rings. The minimum Gasteiger partial charge on any atom is -0.508 e. The topological polar surface area (TPSA) is 32.3 Å². The van der Waals surface area contributed by atoms with Crippen LogP contribution in [-0.2, 0) is 6.54 Å². The van der Waals surface area contributed by atoms with Crippen molar-refractivity contribution < 1.29 is 9.50 Å². The average Bonchev–Trinajstić information content (AvgIpc) is 2.78. The molecule has 90 valence electrons. The number of aromatic hydroxyl groups is 1. The summed E-state index contributed by atoms with van der Waals surface area (Å²) in [7, 11) is 0. The molecular formula is C13H14FNOS. The van der Waals surface area contributed by atoms with Crippen LogP contribution in [0, 0.1) is 5.82 Å². The molecule has 0 aliphatic carbocycles. The summed E-state index contributed by atoms with van der Waals surface area (Å²) in [5.74, 6) is -0.449. The molecule has 1 heterocycles. The standard InChI is InChI=1S/C13H14FNOS/c1-9(11-2-3-17-8-11)15-7-10-4-12(14)6-13(16)5-10/h2-6,8-9,15-16H,7H2,1H3. The Labute approximate surface area is 104 Å². The van der Waals surface area contributed by atoms with Gasteiger partial charge in [0.25, 0.3) is 0 Å². The molecule has 0 radical (unpaired) electrons. The number of phenols is 1. The summed E-state index contributed by atoms with van der Waals surface area (Å²) < 4.78 is 13.0. The molecule has 1 aromatic carbocycles. The Balaban J connectivity index is 1.98. The van der Waals surface area contributed by atoms with Gasteiger partial charge in [-0.1, -0.05) is 0 Å². The summed E-state index contributed by atoms with van der Waals surface area (Å²) in [5, 5.41) is 16.7. The van der Waals surface area contributed by atoms with Gasteiger partial charge in [0, 0.05) is 18.7 Å². The fourth-order valence-corrected chi connectivity index (χ4v) is 2.40. The summed E-state index contributed by atoms with van der Waals surface area (Å²) >= 11 is 1.65. The predicted octanol–water partition coefficient (Wildman–Crippen LogP) is 3.44. The van der Waals surface area contributed by atoms with E-state index in [-0.39, 0.29) is 11.8 Å². The zero-order chi connectivity index (χ0) is 12.3. The summed E-state index contributed by atoms with van der Waals surface area (Å²) in [6.45, 7) is 2.59. The van der Waals surface area contributed by atoms with Crippen molar-refractivity contribution in [1.82, 2.24) is 5.32 Å². The van der Waals surface area contributed by atoms with Gasteiger partial charge in [-0.2, -0.15) is 11.3 Å². The van der Waals surface area contributed by atoms with Crippen molar-refractivity contribution in [3.8, 4) is 5.75 Å². The van der Waals surface area contributed by atoms with E-state index in [1.54, 1.807) is 17.4 Å². The van der Waals surface area contributed by atoms with Crippen LogP contribution < -0.4 is 5.32 Å². The molecule has 0 aliphatic rings. The smallest absolute Gasteiger partial charge is 0.127 e. The SMILES string of the molecule is CC(NCc1cc(O)cc(F)c1)c1ccsc1. The van der Waals surface area contributed by atoms with Gasteiger partial charge in [-0.15, -0.1) is 0 Å². The van der Waals surface area contributed by atoms with Gasteiger partial charge in [-0.25, -0.2) is 4.39 Å². The Bertz CT molecular complexity index is 464. The van der Waals surface area contributed by atoms with Crippen LogP contribution in [0.3, 0.4) is 0 Å². The number of nitrogens with one attached hydrogen (secondary N) is 1. The predicted molar refractivity (Wildman–Crippen MR) is 67.6 cm³/mol.